The lowest BCUT2D eigenvalue weighted by Crippen LogP contribution is -2.52. The van der Waals surface area contributed by atoms with Gasteiger partial charge in [0.2, 0.25) is 0 Å². The van der Waals surface area contributed by atoms with Gasteiger partial charge in [0.05, 0.1) is 16.1 Å². The van der Waals surface area contributed by atoms with Crippen LogP contribution >= 0.6 is 23.2 Å². The summed E-state index contributed by atoms with van der Waals surface area (Å²) in [5, 5.41) is 11.2. The molecule has 4 aromatic rings. The van der Waals surface area contributed by atoms with Gasteiger partial charge in [-0.05, 0) is 66.9 Å². The molecule has 1 unspecified atom stereocenters. The summed E-state index contributed by atoms with van der Waals surface area (Å²) in [6.45, 7) is 6.93. The van der Waals surface area contributed by atoms with E-state index in [0.29, 0.717) is 5.82 Å². The number of aliphatic carboxylic acids is 1. The van der Waals surface area contributed by atoms with Crippen LogP contribution in [-0.4, -0.2) is 35.1 Å². The van der Waals surface area contributed by atoms with Crippen LogP contribution in [0.1, 0.15) is 26.5 Å². The molecular weight excluding hydrogens is 521 g/mol. The SMILES string of the molecule is Cc1cccc(-n2ccc3cc(N(C(C(=O)O)C(C)(C)C)S(=O)(=O)c4cc(Cl)cc(Cl)c4)ccc32)n1. The molecule has 0 aliphatic carbocycles. The van der Waals surface area contributed by atoms with E-state index in [4.69, 9.17) is 23.2 Å². The minimum atomic E-state index is -4.38. The maximum Gasteiger partial charge on any atom is 0.328 e. The Morgan fingerprint density at radius 1 is 1.03 bits per heavy atom. The number of hydrogen-bond acceptors (Lipinski definition) is 4. The third kappa shape index (κ3) is 4.93. The molecule has 0 aliphatic rings. The van der Waals surface area contributed by atoms with Gasteiger partial charge in [-0.25, -0.2) is 18.2 Å². The van der Waals surface area contributed by atoms with Gasteiger partial charge in [0.1, 0.15) is 11.9 Å². The van der Waals surface area contributed by atoms with Gasteiger partial charge in [-0.15, -0.1) is 0 Å². The molecule has 0 saturated carbocycles. The summed E-state index contributed by atoms with van der Waals surface area (Å²) in [4.78, 5) is 16.8. The number of carboxylic acids is 1. The second-order valence-corrected chi connectivity index (χ2v) is 12.3. The first-order valence-electron chi connectivity index (χ1n) is 11.1. The third-order valence-electron chi connectivity index (χ3n) is 5.73. The van der Waals surface area contributed by atoms with E-state index in [9.17, 15) is 18.3 Å². The Hall–Kier alpha value is -3.07. The average molecular weight is 546 g/mol. The van der Waals surface area contributed by atoms with Crippen molar-refractivity contribution in [3.63, 3.8) is 0 Å². The topological polar surface area (TPSA) is 92.5 Å². The van der Waals surface area contributed by atoms with E-state index in [1.165, 1.54) is 18.2 Å². The van der Waals surface area contributed by atoms with Crippen molar-refractivity contribution >= 4 is 55.8 Å². The van der Waals surface area contributed by atoms with E-state index in [1.807, 2.05) is 42.0 Å². The van der Waals surface area contributed by atoms with Crippen LogP contribution in [0, 0.1) is 12.3 Å². The summed E-state index contributed by atoms with van der Waals surface area (Å²) in [5.41, 5.74) is 0.907. The normalized spacial score (nSPS) is 13.1. The van der Waals surface area contributed by atoms with Gasteiger partial charge in [-0.1, -0.05) is 50.0 Å². The second-order valence-electron chi connectivity index (χ2n) is 9.58. The summed E-state index contributed by atoms with van der Waals surface area (Å²) < 4.78 is 30.8. The molecule has 0 spiro atoms. The smallest absolute Gasteiger partial charge is 0.328 e. The van der Waals surface area contributed by atoms with Gasteiger partial charge in [0.25, 0.3) is 10.0 Å². The van der Waals surface area contributed by atoms with Crippen LogP contribution in [0.2, 0.25) is 10.0 Å². The lowest BCUT2D eigenvalue weighted by Gasteiger charge is -2.37. The van der Waals surface area contributed by atoms with Crippen molar-refractivity contribution in [3.05, 3.63) is 82.6 Å². The zero-order valence-corrected chi connectivity index (χ0v) is 22.4. The first-order valence-corrected chi connectivity index (χ1v) is 13.3. The molecule has 0 amide bonds. The Balaban J connectivity index is 1.94. The molecule has 2 aromatic carbocycles. The molecule has 2 heterocycles. The minimum Gasteiger partial charge on any atom is -0.480 e. The van der Waals surface area contributed by atoms with E-state index in [1.54, 1.807) is 39.0 Å². The van der Waals surface area contributed by atoms with E-state index >= 15 is 0 Å². The molecule has 0 radical (unpaired) electrons. The summed E-state index contributed by atoms with van der Waals surface area (Å²) in [6, 6.07) is 15.0. The largest absolute Gasteiger partial charge is 0.480 e. The Morgan fingerprint density at radius 3 is 2.28 bits per heavy atom. The number of nitrogens with zero attached hydrogens (tertiary/aromatic N) is 3. The van der Waals surface area contributed by atoms with Crippen LogP contribution in [0.3, 0.4) is 0 Å². The van der Waals surface area contributed by atoms with E-state index in [2.05, 4.69) is 4.98 Å². The Morgan fingerprint density at radius 2 is 1.69 bits per heavy atom. The van der Waals surface area contributed by atoms with Crippen LogP contribution in [0.4, 0.5) is 5.69 Å². The predicted octanol–water partition coefficient (Wildman–Crippen LogP) is 6.34. The van der Waals surface area contributed by atoms with Crippen molar-refractivity contribution in [2.75, 3.05) is 4.31 Å². The first kappa shape index (κ1) is 26.0. The van der Waals surface area contributed by atoms with E-state index in [0.717, 1.165) is 20.9 Å². The van der Waals surface area contributed by atoms with Gasteiger partial charge in [0.15, 0.2) is 0 Å². The Bertz CT molecular complexity index is 1560. The van der Waals surface area contributed by atoms with E-state index < -0.39 is 27.4 Å². The van der Waals surface area contributed by atoms with Crippen molar-refractivity contribution in [1.29, 1.82) is 0 Å². The van der Waals surface area contributed by atoms with Crippen molar-refractivity contribution < 1.29 is 18.3 Å². The van der Waals surface area contributed by atoms with Gasteiger partial charge in [0, 0.05) is 27.3 Å². The van der Waals surface area contributed by atoms with Crippen molar-refractivity contribution in [2.45, 2.75) is 38.6 Å². The molecule has 1 atom stereocenters. The maximum absolute atomic E-state index is 14.0. The molecular formula is C26H25Cl2N3O4S. The quantitative estimate of drug-likeness (QED) is 0.305. The number of aryl methyl sites for hydroxylation is 1. The highest BCUT2D eigenvalue weighted by Gasteiger charge is 2.43. The monoisotopic (exact) mass is 545 g/mol. The van der Waals surface area contributed by atoms with Crippen LogP contribution in [0.25, 0.3) is 16.7 Å². The summed E-state index contributed by atoms with van der Waals surface area (Å²) in [7, 11) is -4.38. The zero-order chi connectivity index (χ0) is 26.4. The summed E-state index contributed by atoms with van der Waals surface area (Å²) in [6.07, 6.45) is 1.84. The van der Waals surface area contributed by atoms with Crippen LogP contribution < -0.4 is 4.31 Å². The molecule has 188 valence electrons. The number of anilines is 1. The zero-order valence-electron chi connectivity index (χ0n) is 20.1. The molecule has 36 heavy (non-hydrogen) atoms. The first-order chi connectivity index (χ1) is 16.8. The highest BCUT2D eigenvalue weighted by molar-refractivity contribution is 7.93. The van der Waals surface area contributed by atoms with Crippen molar-refractivity contribution in [2.24, 2.45) is 5.41 Å². The van der Waals surface area contributed by atoms with Crippen LogP contribution in [0.15, 0.2) is 71.8 Å². The lowest BCUT2D eigenvalue weighted by atomic mass is 9.86. The predicted molar refractivity (Wildman–Crippen MR) is 143 cm³/mol. The van der Waals surface area contributed by atoms with Crippen LogP contribution in [-0.2, 0) is 14.8 Å². The molecule has 1 N–H and O–H groups in total. The van der Waals surface area contributed by atoms with Crippen molar-refractivity contribution in [3.8, 4) is 5.82 Å². The highest BCUT2D eigenvalue weighted by Crippen LogP contribution is 2.37. The molecule has 0 aliphatic heterocycles. The van der Waals surface area contributed by atoms with Gasteiger partial charge in [-0.3, -0.25) is 4.31 Å². The number of benzene rings is 2. The molecule has 2 aromatic heterocycles. The highest BCUT2D eigenvalue weighted by atomic mass is 35.5. The molecule has 7 nitrogen and oxygen atoms in total. The molecule has 10 heteroatoms. The number of sulfonamides is 1. The summed E-state index contributed by atoms with van der Waals surface area (Å²) >= 11 is 12.2. The van der Waals surface area contributed by atoms with Gasteiger partial charge < -0.3 is 9.67 Å². The van der Waals surface area contributed by atoms with Crippen LogP contribution in [0.5, 0.6) is 0 Å². The number of aromatic nitrogens is 2. The molecule has 0 bridgehead atoms. The second kappa shape index (κ2) is 9.42. The fourth-order valence-electron chi connectivity index (χ4n) is 4.17. The molecule has 0 saturated heterocycles. The average Bonchev–Trinajstić information content (AvgIpc) is 3.18. The number of hydrogen-bond donors (Lipinski definition) is 1. The fourth-order valence-corrected chi connectivity index (χ4v) is 6.68. The van der Waals surface area contributed by atoms with Crippen molar-refractivity contribution in [1.82, 2.24) is 9.55 Å². The van der Waals surface area contributed by atoms with Gasteiger partial charge in [-0.2, -0.15) is 0 Å². The summed E-state index contributed by atoms with van der Waals surface area (Å²) in [5.74, 6) is -0.560. The maximum atomic E-state index is 14.0. The number of halogens is 2. The Kier molecular flexibility index (Phi) is 6.81. The molecule has 4 rings (SSSR count). The Labute approximate surface area is 220 Å². The molecule has 0 fully saturated rings. The number of carboxylic acid groups (broad SMARTS) is 1. The van der Waals surface area contributed by atoms with Gasteiger partial charge >= 0.3 is 5.97 Å². The fraction of sp³-hybridized carbons (Fsp3) is 0.231. The number of pyridine rings is 1. The standard InChI is InChI=1S/C26H25Cl2N3O4S/c1-16-6-5-7-23(29-16)30-11-10-17-12-20(8-9-22(17)30)31(24(25(32)33)26(2,3)4)36(34,35)21-14-18(27)13-19(28)15-21/h5-15,24H,1-4H3,(H,32,33). The number of carbonyl (C=O) groups is 1. The third-order valence-corrected chi connectivity index (χ3v) is 7.94. The number of rotatable bonds is 6. The minimum absolute atomic E-state index is 0.127. The lowest BCUT2D eigenvalue weighted by molar-refractivity contribution is -0.140. The van der Waals surface area contributed by atoms with E-state index in [-0.39, 0.29) is 20.6 Å². The number of fused-ring (bicyclic) bond motifs is 1.